The second-order valence-electron chi connectivity index (χ2n) is 6.22. The van der Waals surface area contributed by atoms with Gasteiger partial charge in [0.05, 0.1) is 26.6 Å². The van der Waals surface area contributed by atoms with Crippen LogP contribution in [-0.2, 0) is 0 Å². The highest BCUT2D eigenvalue weighted by molar-refractivity contribution is 6.39. The van der Waals surface area contributed by atoms with Gasteiger partial charge in [0, 0.05) is 34.9 Å². The molecule has 0 unspecified atom stereocenters. The van der Waals surface area contributed by atoms with Crippen LogP contribution < -0.4 is 26.6 Å². The summed E-state index contributed by atoms with van der Waals surface area (Å²) in [6, 6.07) is 3.90. The van der Waals surface area contributed by atoms with Crippen LogP contribution in [0.5, 0.6) is 0 Å². The summed E-state index contributed by atoms with van der Waals surface area (Å²) in [5.74, 6) is -0.984. The summed E-state index contributed by atoms with van der Waals surface area (Å²) in [6.07, 6.45) is 1.88. The number of H-pyrrole nitrogens is 1. The zero-order chi connectivity index (χ0) is 20.7. The number of ketones is 1. The SMILES string of the molecule is O=C(c1cc(Cl)c(Nc2nc3cc[nH]c(=O)c3c3c2=CCNC=3)c(Cl)c1)C(F)F. The molecule has 1 aromatic carbocycles. The molecule has 10 heteroatoms. The highest BCUT2D eigenvalue weighted by Crippen LogP contribution is 2.34. The van der Waals surface area contributed by atoms with Crippen molar-refractivity contribution in [3.05, 3.63) is 60.8 Å². The fourth-order valence-electron chi connectivity index (χ4n) is 3.12. The Hall–Kier alpha value is -2.97. The highest BCUT2D eigenvalue weighted by atomic mass is 35.5. The van der Waals surface area contributed by atoms with E-state index in [1.807, 2.05) is 6.08 Å². The van der Waals surface area contributed by atoms with Crippen LogP contribution in [0.1, 0.15) is 10.4 Å². The lowest BCUT2D eigenvalue weighted by atomic mass is 10.1. The van der Waals surface area contributed by atoms with Crippen LogP contribution in [0.2, 0.25) is 10.0 Å². The predicted molar refractivity (Wildman–Crippen MR) is 109 cm³/mol. The number of rotatable bonds is 4. The average molecular weight is 437 g/mol. The number of fused-ring (bicyclic) bond motifs is 3. The average Bonchev–Trinajstić information content (AvgIpc) is 2.69. The summed E-state index contributed by atoms with van der Waals surface area (Å²) >= 11 is 12.4. The number of Topliss-reactive ketones (excluding diaryl/α,β-unsaturated/α-hetero) is 1. The first-order valence-corrected chi connectivity index (χ1v) is 9.16. The molecule has 0 amide bonds. The lowest BCUT2D eigenvalue weighted by molar-refractivity contribution is 0.0679. The molecule has 3 heterocycles. The van der Waals surface area contributed by atoms with E-state index in [1.165, 1.54) is 6.20 Å². The van der Waals surface area contributed by atoms with Crippen molar-refractivity contribution in [2.45, 2.75) is 6.43 Å². The molecular weight excluding hydrogens is 425 g/mol. The van der Waals surface area contributed by atoms with Gasteiger partial charge in [-0.3, -0.25) is 9.59 Å². The maximum Gasteiger partial charge on any atom is 0.300 e. The van der Waals surface area contributed by atoms with Gasteiger partial charge >= 0.3 is 6.43 Å². The summed E-state index contributed by atoms with van der Waals surface area (Å²) in [4.78, 5) is 30.9. The molecule has 2 aromatic heterocycles. The van der Waals surface area contributed by atoms with Crippen molar-refractivity contribution < 1.29 is 13.6 Å². The fraction of sp³-hybridized carbons (Fsp3) is 0.105. The van der Waals surface area contributed by atoms with Gasteiger partial charge < -0.3 is 15.6 Å². The molecule has 1 aliphatic rings. The van der Waals surface area contributed by atoms with Crippen molar-refractivity contribution in [3.8, 4) is 0 Å². The number of carbonyl (C=O) groups excluding carboxylic acids is 1. The van der Waals surface area contributed by atoms with Crippen LogP contribution >= 0.6 is 23.2 Å². The minimum Gasteiger partial charge on any atom is -0.387 e. The highest BCUT2D eigenvalue weighted by Gasteiger charge is 2.21. The molecule has 3 aromatic rings. The van der Waals surface area contributed by atoms with Gasteiger partial charge in [-0.2, -0.15) is 0 Å². The van der Waals surface area contributed by atoms with E-state index in [4.69, 9.17) is 23.2 Å². The topological polar surface area (TPSA) is 86.9 Å². The number of anilines is 2. The Bertz CT molecular complexity index is 1320. The number of nitrogens with zero attached hydrogens (tertiary/aromatic N) is 1. The minimum atomic E-state index is -3.16. The van der Waals surface area contributed by atoms with Crippen molar-refractivity contribution in [2.24, 2.45) is 0 Å². The number of hydrogen-bond donors (Lipinski definition) is 3. The molecule has 0 saturated heterocycles. The Balaban J connectivity index is 1.89. The smallest absolute Gasteiger partial charge is 0.300 e. The first kappa shape index (κ1) is 19.4. The Morgan fingerprint density at radius 1 is 1.21 bits per heavy atom. The number of carbonyl (C=O) groups is 1. The molecule has 3 N–H and O–H groups in total. The van der Waals surface area contributed by atoms with E-state index in [-0.39, 0.29) is 26.9 Å². The number of nitrogens with one attached hydrogen (secondary N) is 3. The fourth-order valence-corrected chi connectivity index (χ4v) is 3.70. The molecule has 148 valence electrons. The van der Waals surface area contributed by atoms with Gasteiger partial charge in [-0.25, -0.2) is 13.8 Å². The van der Waals surface area contributed by atoms with E-state index in [0.29, 0.717) is 33.7 Å². The van der Waals surface area contributed by atoms with Crippen LogP contribution in [0.4, 0.5) is 20.3 Å². The zero-order valence-corrected chi connectivity index (χ0v) is 16.0. The summed E-state index contributed by atoms with van der Waals surface area (Å²) in [7, 11) is 0. The molecule has 0 spiro atoms. The quantitative estimate of drug-likeness (QED) is 0.547. The van der Waals surface area contributed by atoms with Crippen LogP contribution in [0.3, 0.4) is 0 Å². The van der Waals surface area contributed by atoms with Crippen molar-refractivity contribution in [3.63, 3.8) is 0 Å². The van der Waals surface area contributed by atoms with E-state index in [2.05, 4.69) is 20.6 Å². The molecule has 0 saturated carbocycles. The van der Waals surface area contributed by atoms with E-state index < -0.39 is 12.2 Å². The summed E-state index contributed by atoms with van der Waals surface area (Å²) < 4.78 is 25.4. The third-order valence-electron chi connectivity index (χ3n) is 4.42. The third kappa shape index (κ3) is 3.45. The minimum absolute atomic E-state index is 0.0130. The second kappa shape index (κ2) is 7.46. The number of aromatic amines is 1. The van der Waals surface area contributed by atoms with Gasteiger partial charge in [-0.15, -0.1) is 0 Å². The molecule has 4 rings (SSSR count). The zero-order valence-electron chi connectivity index (χ0n) is 14.5. The van der Waals surface area contributed by atoms with Crippen molar-refractivity contribution in [1.29, 1.82) is 0 Å². The Morgan fingerprint density at radius 3 is 2.62 bits per heavy atom. The first-order valence-electron chi connectivity index (χ1n) is 8.40. The van der Waals surface area contributed by atoms with E-state index in [0.717, 1.165) is 12.1 Å². The molecule has 0 bridgehead atoms. The van der Waals surface area contributed by atoms with Gasteiger partial charge in [0.1, 0.15) is 5.82 Å². The van der Waals surface area contributed by atoms with Crippen LogP contribution in [0.25, 0.3) is 23.2 Å². The van der Waals surface area contributed by atoms with Crippen molar-refractivity contribution in [1.82, 2.24) is 15.3 Å². The molecule has 0 fully saturated rings. The second-order valence-corrected chi connectivity index (χ2v) is 7.03. The van der Waals surface area contributed by atoms with E-state index in [9.17, 15) is 18.4 Å². The molecular formula is C19H12Cl2F2N4O2. The molecule has 0 aliphatic carbocycles. The molecule has 29 heavy (non-hydrogen) atoms. The normalized spacial score (nSPS) is 12.7. The van der Waals surface area contributed by atoms with Crippen molar-refractivity contribution in [2.75, 3.05) is 11.9 Å². The van der Waals surface area contributed by atoms with E-state index >= 15 is 0 Å². The predicted octanol–water partition coefficient (Wildman–Crippen LogP) is 2.54. The van der Waals surface area contributed by atoms with Gasteiger partial charge in [-0.1, -0.05) is 29.3 Å². The number of alkyl halides is 2. The molecule has 6 nitrogen and oxygen atoms in total. The van der Waals surface area contributed by atoms with Gasteiger partial charge in [-0.05, 0) is 18.2 Å². The summed E-state index contributed by atoms with van der Waals surface area (Å²) in [6.45, 7) is 0.517. The van der Waals surface area contributed by atoms with Gasteiger partial charge in [0.25, 0.3) is 5.56 Å². The lowest BCUT2D eigenvalue weighted by Crippen LogP contribution is -2.38. The largest absolute Gasteiger partial charge is 0.387 e. The standard InChI is InChI=1S/C19H12Cl2F2N4O2/c20-11-5-8(16(28)17(22)23)6-12(21)15(11)27-18-9-1-3-24-7-10(9)14-13(26-18)2-4-25-19(14)29/h1-2,4-7,17,24H,3H2,(H,25,29)(H,26,27). The third-order valence-corrected chi connectivity index (χ3v) is 5.02. The number of aromatic nitrogens is 2. The Kier molecular flexibility index (Phi) is 4.97. The van der Waals surface area contributed by atoms with Crippen molar-refractivity contribution >= 4 is 63.7 Å². The number of halogens is 4. The number of hydrogen-bond acceptors (Lipinski definition) is 5. The maximum atomic E-state index is 12.7. The monoisotopic (exact) mass is 436 g/mol. The van der Waals surface area contributed by atoms with Crippen LogP contribution in [-0.4, -0.2) is 28.7 Å². The van der Waals surface area contributed by atoms with Gasteiger partial charge in [0.15, 0.2) is 0 Å². The van der Waals surface area contributed by atoms with Crippen LogP contribution in [0, 0.1) is 0 Å². The van der Waals surface area contributed by atoms with E-state index in [1.54, 1.807) is 12.3 Å². The van der Waals surface area contributed by atoms with Crippen LogP contribution in [0.15, 0.2) is 29.2 Å². The Labute approximate surface area is 171 Å². The molecule has 0 radical (unpaired) electrons. The first-order chi connectivity index (χ1) is 13.9. The number of benzene rings is 1. The maximum absolute atomic E-state index is 12.7. The van der Waals surface area contributed by atoms with Gasteiger partial charge in [0.2, 0.25) is 5.78 Å². The summed E-state index contributed by atoms with van der Waals surface area (Å²) in [5, 5.41) is 7.76. The lowest BCUT2D eigenvalue weighted by Gasteiger charge is -2.15. The summed E-state index contributed by atoms with van der Waals surface area (Å²) in [5.41, 5.74) is 0.0897. The molecule has 0 atom stereocenters. The molecule has 1 aliphatic heterocycles. The Morgan fingerprint density at radius 2 is 1.93 bits per heavy atom. The number of pyridine rings is 2.